The molecular weight excluding hydrogens is 271 g/mol. The smallest absolute Gasteiger partial charge is 0.345 e. The molecule has 1 atom stereocenters. The van der Waals surface area contributed by atoms with Crippen molar-refractivity contribution in [3.63, 3.8) is 0 Å². The van der Waals surface area contributed by atoms with Gasteiger partial charge < -0.3 is 9.84 Å². The molecule has 0 bridgehead atoms. The van der Waals surface area contributed by atoms with Crippen LogP contribution in [0, 0.1) is 19.7 Å². The van der Waals surface area contributed by atoms with Crippen molar-refractivity contribution < 1.29 is 19.0 Å². The Bertz CT molecular complexity index is 632. The number of rotatable bonds is 5. The van der Waals surface area contributed by atoms with Crippen LogP contribution in [0.15, 0.2) is 42.5 Å². The molecule has 0 heterocycles. The second kappa shape index (κ2) is 6.39. The van der Waals surface area contributed by atoms with Crippen LogP contribution in [0.4, 0.5) is 4.39 Å². The summed E-state index contributed by atoms with van der Waals surface area (Å²) < 4.78 is 19.2. The number of aliphatic carboxylic acids is 1. The molecule has 3 nitrogen and oxygen atoms in total. The predicted octanol–water partition coefficient (Wildman–Crippen LogP) is 3.52. The quantitative estimate of drug-likeness (QED) is 0.915. The third-order valence-electron chi connectivity index (χ3n) is 3.11. The van der Waals surface area contributed by atoms with Crippen molar-refractivity contribution in [2.24, 2.45) is 0 Å². The molecule has 4 heteroatoms. The molecule has 1 N–H and O–H groups in total. The first-order valence-corrected chi connectivity index (χ1v) is 6.67. The van der Waals surface area contributed by atoms with Gasteiger partial charge in [-0.15, -0.1) is 0 Å². The van der Waals surface area contributed by atoms with Crippen LogP contribution in [0.25, 0.3) is 0 Å². The first-order valence-electron chi connectivity index (χ1n) is 6.67. The molecule has 0 saturated carbocycles. The van der Waals surface area contributed by atoms with Crippen molar-refractivity contribution in [1.29, 1.82) is 0 Å². The summed E-state index contributed by atoms with van der Waals surface area (Å²) >= 11 is 0. The standard InChI is InChI=1S/C17H17FO3/c1-11-7-12(2)9-14(8-11)21-16(17(19)20)10-13-5-3-4-6-15(13)18/h3-9,16H,10H2,1-2H3,(H,19,20)/t16-/m1/s1. The molecule has 0 saturated heterocycles. The summed E-state index contributed by atoms with van der Waals surface area (Å²) in [6.07, 6.45) is -1.14. The maximum Gasteiger partial charge on any atom is 0.345 e. The van der Waals surface area contributed by atoms with Crippen LogP contribution in [-0.4, -0.2) is 17.2 Å². The van der Waals surface area contributed by atoms with Gasteiger partial charge in [0.1, 0.15) is 11.6 Å². The maximum absolute atomic E-state index is 13.6. The Morgan fingerprint density at radius 3 is 2.38 bits per heavy atom. The third-order valence-corrected chi connectivity index (χ3v) is 3.11. The average Bonchev–Trinajstić information content (AvgIpc) is 2.39. The van der Waals surface area contributed by atoms with Crippen molar-refractivity contribution in [1.82, 2.24) is 0 Å². The normalized spacial score (nSPS) is 12.0. The molecule has 0 aliphatic carbocycles. The molecule has 0 amide bonds. The second-order valence-electron chi connectivity index (χ2n) is 5.06. The van der Waals surface area contributed by atoms with Gasteiger partial charge in [-0.1, -0.05) is 24.3 Å². The van der Waals surface area contributed by atoms with Crippen LogP contribution < -0.4 is 4.74 Å². The van der Waals surface area contributed by atoms with E-state index in [2.05, 4.69) is 0 Å². The number of benzene rings is 2. The van der Waals surface area contributed by atoms with E-state index < -0.39 is 17.9 Å². The first kappa shape index (κ1) is 15.0. The van der Waals surface area contributed by atoms with Gasteiger partial charge in [0.2, 0.25) is 0 Å². The Hall–Kier alpha value is -2.36. The lowest BCUT2D eigenvalue weighted by Crippen LogP contribution is -2.29. The van der Waals surface area contributed by atoms with Gasteiger partial charge in [0.05, 0.1) is 0 Å². The molecule has 110 valence electrons. The topological polar surface area (TPSA) is 46.5 Å². The molecular formula is C17H17FO3. The highest BCUT2D eigenvalue weighted by Gasteiger charge is 2.21. The van der Waals surface area contributed by atoms with Crippen LogP contribution in [0.1, 0.15) is 16.7 Å². The fraction of sp³-hybridized carbons (Fsp3) is 0.235. The monoisotopic (exact) mass is 288 g/mol. The summed E-state index contributed by atoms with van der Waals surface area (Å²) in [7, 11) is 0. The van der Waals surface area contributed by atoms with Crippen LogP contribution in [-0.2, 0) is 11.2 Å². The highest BCUT2D eigenvalue weighted by Crippen LogP contribution is 2.19. The van der Waals surface area contributed by atoms with Gasteiger partial charge in [0.25, 0.3) is 0 Å². The van der Waals surface area contributed by atoms with E-state index in [0.717, 1.165) is 11.1 Å². The van der Waals surface area contributed by atoms with E-state index in [1.165, 1.54) is 6.07 Å². The summed E-state index contributed by atoms with van der Waals surface area (Å²) in [6, 6.07) is 11.6. The van der Waals surface area contributed by atoms with Crippen molar-refractivity contribution in [3.8, 4) is 5.75 Å². The van der Waals surface area contributed by atoms with Crippen LogP contribution in [0.3, 0.4) is 0 Å². The molecule has 0 aromatic heterocycles. The number of carbonyl (C=O) groups is 1. The zero-order valence-corrected chi connectivity index (χ0v) is 12.0. The van der Waals surface area contributed by atoms with Crippen LogP contribution in [0.5, 0.6) is 5.75 Å². The zero-order valence-electron chi connectivity index (χ0n) is 12.0. The molecule has 0 unspecified atom stereocenters. The summed E-state index contributed by atoms with van der Waals surface area (Å²) in [4.78, 5) is 11.3. The number of carboxylic acid groups (broad SMARTS) is 1. The Balaban J connectivity index is 2.20. The van der Waals surface area contributed by atoms with Gasteiger partial charge in [-0.2, -0.15) is 0 Å². The average molecular weight is 288 g/mol. The van der Waals surface area contributed by atoms with E-state index in [1.54, 1.807) is 30.3 Å². The summed E-state index contributed by atoms with van der Waals surface area (Å²) in [5, 5.41) is 9.28. The van der Waals surface area contributed by atoms with Crippen LogP contribution in [0.2, 0.25) is 0 Å². The number of aryl methyl sites for hydroxylation is 2. The van der Waals surface area contributed by atoms with E-state index in [0.29, 0.717) is 11.3 Å². The molecule has 2 aromatic carbocycles. The Kier molecular flexibility index (Phi) is 4.58. The minimum absolute atomic E-state index is 0.0189. The van der Waals surface area contributed by atoms with Gasteiger partial charge >= 0.3 is 5.97 Å². The van der Waals surface area contributed by atoms with E-state index in [9.17, 15) is 14.3 Å². The van der Waals surface area contributed by atoms with Crippen molar-refractivity contribution >= 4 is 5.97 Å². The highest BCUT2D eigenvalue weighted by molar-refractivity contribution is 5.73. The summed E-state index contributed by atoms with van der Waals surface area (Å²) in [5.41, 5.74) is 2.30. The largest absolute Gasteiger partial charge is 0.478 e. The maximum atomic E-state index is 13.6. The van der Waals surface area contributed by atoms with Crippen molar-refractivity contribution in [2.45, 2.75) is 26.4 Å². The van der Waals surface area contributed by atoms with E-state index >= 15 is 0 Å². The number of carboxylic acids is 1. The number of halogens is 1. The summed E-state index contributed by atoms with van der Waals surface area (Å²) in [5.74, 6) is -1.05. The van der Waals surface area contributed by atoms with E-state index in [1.807, 2.05) is 19.9 Å². The van der Waals surface area contributed by atoms with E-state index in [-0.39, 0.29) is 6.42 Å². The lowest BCUT2D eigenvalue weighted by molar-refractivity contribution is -0.145. The minimum Gasteiger partial charge on any atom is -0.478 e. The second-order valence-corrected chi connectivity index (χ2v) is 5.06. The SMILES string of the molecule is Cc1cc(C)cc(O[C@H](Cc2ccccc2F)C(=O)O)c1. The molecule has 2 rings (SSSR count). The molecule has 0 fully saturated rings. The fourth-order valence-electron chi connectivity index (χ4n) is 2.21. The number of hydrogen-bond acceptors (Lipinski definition) is 2. The fourth-order valence-corrected chi connectivity index (χ4v) is 2.21. The lowest BCUT2D eigenvalue weighted by atomic mass is 10.1. The lowest BCUT2D eigenvalue weighted by Gasteiger charge is -2.16. The minimum atomic E-state index is -1.12. The molecule has 0 radical (unpaired) electrons. The first-order chi connectivity index (χ1) is 9.95. The number of hydrogen-bond donors (Lipinski definition) is 1. The summed E-state index contributed by atoms with van der Waals surface area (Å²) in [6.45, 7) is 3.82. The molecule has 0 spiro atoms. The zero-order chi connectivity index (χ0) is 15.4. The van der Waals surface area contributed by atoms with Gasteiger partial charge in [-0.3, -0.25) is 0 Å². The third kappa shape index (κ3) is 4.05. The van der Waals surface area contributed by atoms with Gasteiger partial charge in [-0.05, 0) is 48.7 Å². The van der Waals surface area contributed by atoms with Gasteiger partial charge in [-0.25, -0.2) is 9.18 Å². The van der Waals surface area contributed by atoms with E-state index in [4.69, 9.17) is 4.74 Å². The van der Waals surface area contributed by atoms with Crippen molar-refractivity contribution in [2.75, 3.05) is 0 Å². The molecule has 21 heavy (non-hydrogen) atoms. The van der Waals surface area contributed by atoms with Crippen LogP contribution >= 0.6 is 0 Å². The van der Waals surface area contributed by atoms with Gasteiger partial charge in [0, 0.05) is 6.42 Å². The Morgan fingerprint density at radius 1 is 1.19 bits per heavy atom. The molecule has 0 aliphatic rings. The Morgan fingerprint density at radius 2 is 1.81 bits per heavy atom. The molecule has 0 aliphatic heterocycles. The Labute approximate surface area is 123 Å². The van der Waals surface area contributed by atoms with Gasteiger partial charge in [0.15, 0.2) is 6.10 Å². The molecule has 2 aromatic rings. The van der Waals surface area contributed by atoms with Crippen molar-refractivity contribution in [3.05, 3.63) is 65.0 Å². The number of ether oxygens (including phenoxy) is 1. The highest BCUT2D eigenvalue weighted by atomic mass is 19.1. The predicted molar refractivity (Wildman–Crippen MR) is 78.1 cm³/mol.